The Morgan fingerprint density at radius 1 is 1.22 bits per heavy atom. The number of carbonyl (C=O) groups is 2. The molecule has 0 aromatic carbocycles. The lowest BCUT2D eigenvalue weighted by atomic mass is 9.90. The van der Waals surface area contributed by atoms with Crippen LogP contribution in [0.2, 0.25) is 0 Å². The van der Waals surface area contributed by atoms with Gasteiger partial charge in [-0.05, 0) is 25.0 Å². The van der Waals surface area contributed by atoms with Gasteiger partial charge in [0.05, 0.1) is 11.6 Å². The molecule has 1 aliphatic carbocycles. The van der Waals surface area contributed by atoms with Gasteiger partial charge in [-0.2, -0.15) is 0 Å². The zero-order chi connectivity index (χ0) is 12.7. The van der Waals surface area contributed by atoms with E-state index in [0.717, 1.165) is 25.7 Å². The molecule has 0 spiro atoms. The summed E-state index contributed by atoms with van der Waals surface area (Å²) in [4.78, 5) is 29.8. The van der Waals surface area contributed by atoms with Gasteiger partial charge in [-0.1, -0.05) is 12.8 Å². The van der Waals surface area contributed by atoms with Gasteiger partial charge in [0.25, 0.3) is 11.8 Å². The molecule has 0 bridgehead atoms. The predicted molar refractivity (Wildman–Crippen MR) is 65.0 cm³/mol. The van der Waals surface area contributed by atoms with E-state index in [2.05, 4.69) is 4.98 Å². The maximum atomic E-state index is 12.3. The van der Waals surface area contributed by atoms with Crippen LogP contribution in [0.5, 0.6) is 0 Å². The van der Waals surface area contributed by atoms with Crippen LogP contribution >= 0.6 is 0 Å². The van der Waals surface area contributed by atoms with Crippen molar-refractivity contribution < 1.29 is 9.59 Å². The normalized spacial score (nSPS) is 27.5. The third kappa shape index (κ3) is 1.54. The maximum absolute atomic E-state index is 12.3. The highest BCUT2D eigenvalue weighted by molar-refractivity contribution is 6.20. The molecule has 0 unspecified atom stereocenters. The van der Waals surface area contributed by atoms with Crippen LogP contribution in [-0.4, -0.2) is 33.8 Å². The Bertz CT molecular complexity index is 480. The van der Waals surface area contributed by atoms with E-state index in [1.165, 1.54) is 11.1 Å². The molecule has 0 saturated heterocycles. The number of nitrogens with zero attached hydrogens (tertiary/aromatic N) is 2. The lowest BCUT2D eigenvalue weighted by Crippen LogP contribution is -2.51. The molecular formula is C13H15N3O2. The summed E-state index contributed by atoms with van der Waals surface area (Å²) in [5, 5.41) is 0. The summed E-state index contributed by atoms with van der Waals surface area (Å²) in [5.74, 6) is -0.539. The van der Waals surface area contributed by atoms with Crippen LogP contribution in [0.15, 0.2) is 18.3 Å². The third-order valence-corrected chi connectivity index (χ3v) is 3.79. The van der Waals surface area contributed by atoms with Crippen LogP contribution in [0, 0.1) is 0 Å². The zero-order valence-corrected chi connectivity index (χ0v) is 10.0. The summed E-state index contributed by atoms with van der Waals surface area (Å²) in [6.45, 7) is 0. The van der Waals surface area contributed by atoms with Crippen molar-refractivity contribution in [3.05, 3.63) is 29.6 Å². The molecule has 0 radical (unpaired) electrons. The van der Waals surface area contributed by atoms with Crippen LogP contribution in [0.25, 0.3) is 0 Å². The second-order valence-electron chi connectivity index (χ2n) is 4.90. The van der Waals surface area contributed by atoms with Gasteiger partial charge in [0.15, 0.2) is 0 Å². The number of aromatic nitrogens is 1. The molecule has 2 heterocycles. The van der Waals surface area contributed by atoms with Gasteiger partial charge in [0, 0.05) is 12.2 Å². The highest BCUT2D eigenvalue weighted by Gasteiger charge is 2.43. The summed E-state index contributed by atoms with van der Waals surface area (Å²) in [6.07, 6.45) is 5.28. The second-order valence-corrected chi connectivity index (χ2v) is 4.90. The van der Waals surface area contributed by atoms with Gasteiger partial charge in [-0.25, -0.2) is 0 Å². The van der Waals surface area contributed by atoms with Crippen molar-refractivity contribution in [3.63, 3.8) is 0 Å². The number of hydrogen-bond donors (Lipinski definition) is 1. The van der Waals surface area contributed by atoms with E-state index in [4.69, 9.17) is 5.73 Å². The molecule has 2 amide bonds. The molecule has 1 saturated carbocycles. The van der Waals surface area contributed by atoms with Crippen molar-refractivity contribution in [2.75, 3.05) is 0 Å². The largest absolute Gasteiger partial charge is 0.326 e. The summed E-state index contributed by atoms with van der Waals surface area (Å²) in [6, 6.07) is 3.04. The number of imide groups is 1. The summed E-state index contributed by atoms with van der Waals surface area (Å²) >= 11 is 0. The Kier molecular flexibility index (Phi) is 2.63. The molecule has 94 valence electrons. The van der Waals surface area contributed by atoms with Gasteiger partial charge in [-0.3, -0.25) is 19.5 Å². The van der Waals surface area contributed by atoms with E-state index < -0.39 is 0 Å². The minimum atomic E-state index is -0.294. The monoisotopic (exact) mass is 245 g/mol. The molecule has 18 heavy (non-hydrogen) atoms. The minimum absolute atomic E-state index is 0.110. The minimum Gasteiger partial charge on any atom is -0.326 e. The average molecular weight is 245 g/mol. The van der Waals surface area contributed by atoms with Crippen molar-refractivity contribution in [1.82, 2.24) is 9.88 Å². The first kappa shape index (κ1) is 11.3. The van der Waals surface area contributed by atoms with Crippen molar-refractivity contribution in [1.29, 1.82) is 0 Å². The van der Waals surface area contributed by atoms with Crippen molar-refractivity contribution >= 4 is 11.8 Å². The van der Waals surface area contributed by atoms with Crippen LogP contribution in [0.1, 0.15) is 46.5 Å². The van der Waals surface area contributed by atoms with E-state index in [1.54, 1.807) is 12.1 Å². The van der Waals surface area contributed by atoms with Crippen LogP contribution in [0.4, 0.5) is 0 Å². The molecule has 1 aliphatic heterocycles. The number of pyridine rings is 1. The Balaban J connectivity index is 1.96. The van der Waals surface area contributed by atoms with Gasteiger partial charge in [0.2, 0.25) is 0 Å². The molecule has 3 rings (SSSR count). The SMILES string of the molecule is N[C@@H]1CCCC[C@H]1N1C(=O)c2cccnc2C1=O. The zero-order valence-electron chi connectivity index (χ0n) is 10.0. The van der Waals surface area contributed by atoms with Gasteiger partial charge in [-0.15, -0.1) is 0 Å². The van der Waals surface area contributed by atoms with Crippen molar-refractivity contribution in [2.45, 2.75) is 37.8 Å². The molecule has 5 heteroatoms. The summed E-state index contributed by atoms with van der Waals surface area (Å²) in [7, 11) is 0. The first-order chi connectivity index (χ1) is 8.70. The Hall–Kier alpha value is -1.75. The highest BCUT2D eigenvalue weighted by atomic mass is 16.2. The quantitative estimate of drug-likeness (QED) is 0.747. The molecule has 2 N–H and O–H groups in total. The van der Waals surface area contributed by atoms with Crippen LogP contribution in [0.3, 0.4) is 0 Å². The van der Waals surface area contributed by atoms with Crippen molar-refractivity contribution in [3.8, 4) is 0 Å². The van der Waals surface area contributed by atoms with Crippen LogP contribution < -0.4 is 5.73 Å². The summed E-state index contributed by atoms with van der Waals surface area (Å²) in [5.41, 5.74) is 6.72. The standard InChI is InChI=1S/C13H15N3O2/c14-9-5-1-2-6-10(9)16-12(17)8-4-3-7-15-11(8)13(16)18/h3-4,7,9-10H,1-2,5-6,14H2/t9-,10-/m1/s1. The maximum Gasteiger partial charge on any atom is 0.280 e. The molecule has 1 aromatic rings. The molecule has 1 fully saturated rings. The average Bonchev–Trinajstić information content (AvgIpc) is 2.64. The van der Waals surface area contributed by atoms with E-state index >= 15 is 0 Å². The fourth-order valence-corrected chi connectivity index (χ4v) is 2.85. The Morgan fingerprint density at radius 2 is 2.00 bits per heavy atom. The number of carbonyl (C=O) groups excluding carboxylic acids is 2. The predicted octanol–water partition coefficient (Wildman–Crippen LogP) is 0.947. The lowest BCUT2D eigenvalue weighted by molar-refractivity contribution is 0.0524. The number of nitrogens with two attached hydrogens (primary N) is 1. The fourth-order valence-electron chi connectivity index (χ4n) is 2.85. The molecule has 1 aromatic heterocycles. The number of hydrogen-bond acceptors (Lipinski definition) is 4. The number of amides is 2. The Labute approximate surface area is 105 Å². The van der Waals surface area contributed by atoms with Crippen LogP contribution in [-0.2, 0) is 0 Å². The molecule has 2 aliphatic rings. The fraction of sp³-hybridized carbons (Fsp3) is 0.462. The first-order valence-corrected chi connectivity index (χ1v) is 6.28. The van der Waals surface area contributed by atoms with Gasteiger partial charge >= 0.3 is 0 Å². The summed E-state index contributed by atoms with van der Waals surface area (Å²) < 4.78 is 0. The Morgan fingerprint density at radius 3 is 2.72 bits per heavy atom. The number of rotatable bonds is 1. The van der Waals surface area contributed by atoms with Gasteiger partial charge in [0.1, 0.15) is 5.69 Å². The molecule has 5 nitrogen and oxygen atoms in total. The molecular weight excluding hydrogens is 230 g/mol. The second kappa shape index (κ2) is 4.17. The molecule has 2 atom stereocenters. The van der Waals surface area contributed by atoms with Crippen molar-refractivity contribution in [2.24, 2.45) is 5.73 Å². The van der Waals surface area contributed by atoms with E-state index in [9.17, 15) is 9.59 Å². The van der Waals surface area contributed by atoms with E-state index in [1.807, 2.05) is 0 Å². The van der Waals surface area contributed by atoms with Gasteiger partial charge < -0.3 is 5.73 Å². The highest BCUT2D eigenvalue weighted by Crippen LogP contribution is 2.29. The number of fused-ring (bicyclic) bond motifs is 1. The lowest BCUT2D eigenvalue weighted by Gasteiger charge is -2.34. The smallest absolute Gasteiger partial charge is 0.280 e. The topological polar surface area (TPSA) is 76.3 Å². The van der Waals surface area contributed by atoms with E-state index in [0.29, 0.717) is 5.56 Å². The third-order valence-electron chi connectivity index (χ3n) is 3.79. The first-order valence-electron chi connectivity index (χ1n) is 6.28. The van der Waals surface area contributed by atoms with E-state index in [-0.39, 0.29) is 29.6 Å².